The molecule has 3 heterocycles. The molecule has 3 aliphatic heterocycles. The van der Waals surface area contributed by atoms with Gasteiger partial charge in [-0.1, -0.05) is 0 Å². The van der Waals surface area contributed by atoms with Gasteiger partial charge in [0.05, 0.1) is 36.9 Å². The first kappa shape index (κ1) is 29.3. The molecule has 4 fully saturated rings. The molecule has 2 unspecified atom stereocenters. The van der Waals surface area contributed by atoms with E-state index in [1.165, 1.54) is 0 Å². The number of nitrogens with two attached hydrogens (primary N) is 4. The first-order valence-corrected chi connectivity index (χ1v) is 12.5. The van der Waals surface area contributed by atoms with Crippen LogP contribution in [0.3, 0.4) is 0 Å². The van der Waals surface area contributed by atoms with Crippen LogP contribution in [0.25, 0.3) is 0 Å². The SMILES string of the molecule is CN[C@@H]1[C@@H](O[C@H]2O[C@H](CO)[C@H](N)[C@H](O)[C@H]2O)OC2C[C@@H](N)[C@@H](O[C@H]3[C@@H](O)[C@@H](O)[C@H](N)C[C@@H]3N)OC2[C@@H]1O. The number of hydrogen-bond acceptors (Lipinski definition) is 16. The Bertz CT molecular complexity index is 756. The van der Waals surface area contributed by atoms with Gasteiger partial charge in [0.15, 0.2) is 18.9 Å². The Labute approximate surface area is 213 Å². The zero-order valence-electron chi connectivity index (χ0n) is 20.5. The highest BCUT2D eigenvalue weighted by atomic mass is 16.8. The predicted molar refractivity (Wildman–Crippen MR) is 123 cm³/mol. The number of ether oxygens (including phenoxy) is 5. The standard InChI is InChI=1S/C21H41N5O11/c1-26-11-14(30)18-8(33-20(11)37-21-16(32)13(29)10(25)9(4-27)34-21)3-7(24)19(36-18)35-17-6(23)2-5(22)12(28)15(17)31/h5-21,26-32H,2-4,22-25H2,1H3/t5-,6+,7-,8?,9-,10+,11+,12+,13+,14-,15+,16-,17-,18?,19+,20-,21-/m1/s1. The normalized spacial score (nSPS) is 55.1. The second-order valence-electron chi connectivity index (χ2n) is 10.3. The minimum Gasteiger partial charge on any atom is -0.394 e. The number of likely N-dealkylation sites (N-methyl/N-ethyl adjacent to an activating group) is 1. The van der Waals surface area contributed by atoms with Crippen LogP contribution >= 0.6 is 0 Å². The number of fused-ring (bicyclic) bond motifs is 1. The van der Waals surface area contributed by atoms with Gasteiger partial charge in [-0.25, -0.2) is 0 Å². The van der Waals surface area contributed by atoms with Crippen molar-refractivity contribution in [2.75, 3.05) is 13.7 Å². The number of nitrogens with one attached hydrogen (secondary N) is 1. The van der Waals surface area contributed by atoms with Crippen molar-refractivity contribution in [2.45, 2.75) is 117 Å². The fourth-order valence-corrected chi connectivity index (χ4v) is 5.46. The van der Waals surface area contributed by atoms with Gasteiger partial charge < -0.3 is 82.6 Å². The maximum Gasteiger partial charge on any atom is 0.189 e. The highest BCUT2D eigenvalue weighted by Gasteiger charge is 2.54. The molecular formula is C21H41N5O11. The zero-order valence-corrected chi connectivity index (χ0v) is 20.5. The summed E-state index contributed by atoms with van der Waals surface area (Å²) in [6, 6.07) is -4.05. The maximum absolute atomic E-state index is 11.1. The van der Waals surface area contributed by atoms with E-state index < -0.39 is 111 Å². The molecule has 16 nitrogen and oxygen atoms in total. The molecule has 4 aliphatic rings. The highest BCUT2D eigenvalue weighted by Crippen LogP contribution is 2.35. The second kappa shape index (κ2) is 11.8. The molecule has 0 amide bonds. The summed E-state index contributed by atoms with van der Waals surface area (Å²) in [4.78, 5) is 0. The summed E-state index contributed by atoms with van der Waals surface area (Å²) in [5.41, 5.74) is 24.0. The van der Waals surface area contributed by atoms with E-state index in [1.807, 2.05) is 0 Å². The Hall–Kier alpha value is -0.640. The number of aliphatic hydroxyl groups is 6. The van der Waals surface area contributed by atoms with Crippen molar-refractivity contribution >= 4 is 0 Å². The molecule has 17 atom stereocenters. The average Bonchev–Trinajstić information content (AvgIpc) is 2.86. The van der Waals surface area contributed by atoms with Gasteiger partial charge in [0.1, 0.15) is 42.7 Å². The monoisotopic (exact) mass is 539 g/mol. The molecule has 0 aromatic carbocycles. The van der Waals surface area contributed by atoms with Crippen LogP contribution in [0.4, 0.5) is 0 Å². The van der Waals surface area contributed by atoms with Gasteiger partial charge in [-0.3, -0.25) is 0 Å². The first-order valence-electron chi connectivity index (χ1n) is 12.5. The molecule has 1 aliphatic carbocycles. The minimum atomic E-state index is -1.54. The van der Waals surface area contributed by atoms with Crippen LogP contribution in [0.2, 0.25) is 0 Å². The molecule has 1 saturated carbocycles. The van der Waals surface area contributed by atoms with Crippen molar-refractivity contribution in [3.63, 3.8) is 0 Å². The van der Waals surface area contributed by atoms with Gasteiger partial charge in [0.2, 0.25) is 0 Å². The number of hydrogen-bond donors (Lipinski definition) is 11. The van der Waals surface area contributed by atoms with E-state index in [1.54, 1.807) is 7.05 Å². The van der Waals surface area contributed by atoms with Crippen molar-refractivity contribution in [3.8, 4) is 0 Å². The van der Waals surface area contributed by atoms with E-state index in [-0.39, 0.29) is 12.8 Å². The van der Waals surface area contributed by atoms with Crippen LogP contribution in [0.15, 0.2) is 0 Å². The third-order valence-corrected chi connectivity index (χ3v) is 7.74. The van der Waals surface area contributed by atoms with Crippen LogP contribution in [0, 0.1) is 0 Å². The van der Waals surface area contributed by atoms with E-state index in [4.69, 9.17) is 46.6 Å². The number of rotatable bonds is 6. The van der Waals surface area contributed by atoms with Gasteiger partial charge in [-0.15, -0.1) is 0 Å². The Morgan fingerprint density at radius 1 is 0.730 bits per heavy atom. The van der Waals surface area contributed by atoms with E-state index in [0.29, 0.717) is 0 Å². The lowest BCUT2D eigenvalue weighted by Crippen LogP contribution is -2.70. The van der Waals surface area contributed by atoms with Gasteiger partial charge >= 0.3 is 0 Å². The van der Waals surface area contributed by atoms with Crippen molar-refractivity contribution in [1.29, 1.82) is 0 Å². The highest BCUT2D eigenvalue weighted by molar-refractivity contribution is 5.01. The maximum atomic E-state index is 11.1. The van der Waals surface area contributed by atoms with E-state index in [9.17, 15) is 30.6 Å². The van der Waals surface area contributed by atoms with Crippen molar-refractivity contribution in [3.05, 3.63) is 0 Å². The Balaban J connectivity index is 1.43. The fourth-order valence-electron chi connectivity index (χ4n) is 5.46. The lowest BCUT2D eigenvalue weighted by Gasteiger charge is -2.51. The van der Waals surface area contributed by atoms with Gasteiger partial charge in [0.25, 0.3) is 0 Å². The van der Waals surface area contributed by atoms with E-state index in [2.05, 4.69) is 5.32 Å². The van der Waals surface area contributed by atoms with Gasteiger partial charge in [-0.05, 0) is 19.9 Å². The molecule has 3 saturated heterocycles. The molecule has 37 heavy (non-hydrogen) atoms. The van der Waals surface area contributed by atoms with E-state index >= 15 is 0 Å². The van der Waals surface area contributed by atoms with Crippen LogP contribution in [-0.4, -0.2) is 148 Å². The van der Waals surface area contributed by atoms with Crippen LogP contribution in [-0.2, 0) is 23.7 Å². The summed E-state index contributed by atoms with van der Waals surface area (Å²) in [6.07, 6.45) is -13.7. The fraction of sp³-hybridized carbons (Fsp3) is 1.00. The summed E-state index contributed by atoms with van der Waals surface area (Å²) in [5, 5.41) is 64.7. The molecule has 15 N–H and O–H groups in total. The molecule has 16 heteroatoms. The Morgan fingerprint density at radius 3 is 2.08 bits per heavy atom. The molecule has 0 spiro atoms. The largest absolute Gasteiger partial charge is 0.394 e. The molecular weight excluding hydrogens is 498 g/mol. The summed E-state index contributed by atoms with van der Waals surface area (Å²) < 4.78 is 29.2. The lowest BCUT2D eigenvalue weighted by molar-refractivity contribution is -0.373. The van der Waals surface area contributed by atoms with E-state index in [0.717, 1.165) is 0 Å². The minimum absolute atomic E-state index is 0.156. The predicted octanol–water partition coefficient (Wildman–Crippen LogP) is -6.95. The Kier molecular flexibility index (Phi) is 9.40. The molecule has 0 radical (unpaired) electrons. The smallest absolute Gasteiger partial charge is 0.189 e. The molecule has 0 aromatic rings. The summed E-state index contributed by atoms with van der Waals surface area (Å²) in [5.74, 6) is 0. The quantitative estimate of drug-likeness (QED) is 0.149. The van der Waals surface area contributed by atoms with Gasteiger partial charge in [-0.2, -0.15) is 0 Å². The summed E-state index contributed by atoms with van der Waals surface area (Å²) in [6.45, 7) is -0.508. The third-order valence-electron chi connectivity index (χ3n) is 7.74. The third kappa shape index (κ3) is 5.66. The first-order chi connectivity index (χ1) is 17.5. The summed E-state index contributed by atoms with van der Waals surface area (Å²) >= 11 is 0. The summed E-state index contributed by atoms with van der Waals surface area (Å²) in [7, 11) is 1.55. The average molecular weight is 540 g/mol. The Morgan fingerprint density at radius 2 is 1.43 bits per heavy atom. The zero-order chi connectivity index (χ0) is 27.2. The topological polar surface area (TPSA) is 284 Å². The van der Waals surface area contributed by atoms with Crippen LogP contribution in [0.5, 0.6) is 0 Å². The molecule has 4 rings (SSSR count). The molecule has 216 valence electrons. The van der Waals surface area contributed by atoms with Crippen molar-refractivity contribution in [2.24, 2.45) is 22.9 Å². The van der Waals surface area contributed by atoms with Crippen LogP contribution in [0.1, 0.15) is 12.8 Å². The van der Waals surface area contributed by atoms with Crippen LogP contribution < -0.4 is 28.3 Å². The lowest BCUT2D eigenvalue weighted by atomic mass is 9.84. The molecule has 0 bridgehead atoms. The molecule has 0 aromatic heterocycles. The number of aliphatic hydroxyl groups excluding tert-OH is 6. The van der Waals surface area contributed by atoms with Crippen molar-refractivity contribution < 1.29 is 54.3 Å². The van der Waals surface area contributed by atoms with Crippen molar-refractivity contribution in [1.82, 2.24) is 5.32 Å². The van der Waals surface area contributed by atoms with Gasteiger partial charge in [0, 0.05) is 12.1 Å². The second-order valence-corrected chi connectivity index (χ2v) is 10.3.